The van der Waals surface area contributed by atoms with Crippen LogP contribution in [0.5, 0.6) is 0 Å². The van der Waals surface area contributed by atoms with Gasteiger partial charge in [-0.15, -0.1) is 0 Å². The van der Waals surface area contributed by atoms with Gasteiger partial charge in [0.15, 0.2) is 11.3 Å². The molecule has 2 saturated heterocycles. The highest BCUT2D eigenvalue weighted by Crippen LogP contribution is 2.25. The Morgan fingerprint density at radius 2 is 2.17 bits per heavy atom. The Morgan fingerprint density at radius 1 is 1.30 bits per heavy atom. The van der Waals surface area contributed by atoms with E-state index in [1.807, 2.05) is 10.6 Å². The number of nitrogens with zero attached hydrogens (tertiary/aromatic N) is 3. The van der Waals surface area contributed by atoms with E-state index in [0.29, 0.717) is 30.7 Å². The van der Waals surface area contributed by atoms with Crippen LogP contribution in [0.4, 0.5) is 0 Å². The maximum absolute atomic E-state index is 12.8. The normalized spacial score (nSPS) is 20.0. The minimum absolute atomic E-state index is 0.0484. The average molecular weight is 431 g/mol. The molecule has 1 amide bonds. The topological polar surface area (TPSA) is 77.3 Å². The smallest absolute Gasteiger partial charge is 0.265 e. The molecular weight excluding hydrogens is 404 g/mol. The first-order valence-corrected chi connectivity index (χ1v) is 11.2. The van der Waals surface area contributed by atoms with E-state index in [2.05, 4.69) is 23.5 Å². The summed E-state index contributed by atoms with van der Waals surface area (Å²) in [5, 5.41) is 3.47. The average Bonchev–Trinajstić information content (AvgIpc) is 3.52. The molecule has 0 spiro atoms. The summed E-state index contributed by atoms with van der Waals surface area (Å²) in [5.74, 6) is -0.0484. The predicted octanol–water partition coefficient (Wildman–Crippen LogP) is 2.26. The number of benzene rings is 1. The van der Waals surface area contributed by atoms with E-state index in [1.54, 1.807) is 11.9 Å². The van der Waals surface area contributed by atoms with E-state index in [4.69, 9.17) is 19.2 Å². The van der Waals surface area contributed by atoms with Crippen LogP contribution < -0.4 is 5.32 Å². The summed E-state index contributed by atoms with van der Waals surface area (Å²) in [4.78, 5) is 20.6. The van der Waals surface area contributed by atoms with E-state index < -0.39 is 0 Å². The number of aromatic nitrogens is 2. The van der Waals surface area contributed by atoms with Crippen LogP contribution in [0.25, 0.3) is 16.0 Å². The fraction of sp³-hybridized carbons (Fsp3) is 0.524. The lowest BCUT2D eigenvalue weighted by Crippen LogP contribution is -2.34. The van der Waals surface area contributed by atoms with Gasteiger partial charge in [0, 0.05) is 32.9 Å². The third-order valence-electron chi connectivity index (χ3n) is 5.57. The van der Waals surface area contributed by atoms with E-state index in [-0.39, 0.29) is 12.2 Å². The van der Waals surface area contributed by atoms with E-state index >= 15 is 0 Å². The van der Waals surface area contributed by atoms with E-state index in [9.17, 15) is 4.79 Å². The van der Waals surface area contributed by atoms with Gasteiger partial charge >= 0.3 is 0 Å². The van der Waals surface area contributed by atoms with Gasteiger partial charge in [0.25, 0.3) is 5.91 Å². The molecule has 1 N–H and O–H groups in total. The van der Waals surface area contributed by atoms with Crippen molar-refractivity contribution < 1.29 is 19.0 Å². The number of thiazole rings is 1. The lowest BCUT2D eigenvalue weighted by atomic mass is 10.2. The second kappa shape index (κ2) is 8.60. The van der Waals surface area contributed by atoms with Crippen LogP contribution in [0, 0.1) is 0 Å². The highest BCUT2D eigenvalue weighted by Gasteiger charge is 2.23. The fourth-order valence-electron chi connectivity index (χ4n) is 3.96. The van der Waals surface area contributed by atoms with Gasteiger partial charge in [0.05, 0.1) is 36.9 Å². The third-order valence-corrected chi connectivity index (χ3v) is 6.54. The molecule has 160 valence electrons. The number of rotatable bonds is 7. The number of ether oxygens (including phenoxy) is 3. The van der Waals surface area contributed by atoms with Gasteiger partial charge in [0.1, 0.15) is 4.88 Å². The van der Waals surface area contributed by atoms with Gasteiger partial charge in [-0.25, -0.2) is 4.98 Å². The zero-order valence-corrected chi connectivity index (χ0v) is 17.8. The molecule has 3 aromatic rings. The number of carbonyl (C=O) groups excluding carboxylic acids is 1. The molecule has 2 aliphatic heterocycles. The zero-order chi connectivity index (χ0) is 20.5. The highest BCUT2D eigenvalue weighted by molar-refractivity contribution is 7.18. The molecule has 0 bridgehead atoms. The van der Waals surface area contributed by atoms with Gasteiger partial charge in [-0.3, -0.25) is 9.20 Å². The first kappa shape index (κ1) is 19.9. The van der Waals surface area contributed by atoms with Gasteiger partial charge in [-0.2, -0.15) is 0 Å². The van der Waals surface area contributed by atoms with Crippen molar-refractivity contribution in [1.82, 2.24) is 19.6 Å². The van der Waals surface area contributed by atoms with Crippen LogP contribution in [0.15, 0.2) is 24.4 Å². The van der Waals surface area contributed by atoms with Crippen molar-refractivity contribution in [1.29, 1.82) is 0 Å². The summed E-state index contributed by atoms with van der Waals surface area (Å²) < 4.78 is 18.5. The van der Waals surface area contributed by atoms with Crippen LogP contribution in [-0.2, 0) is 20.8 Å². The van der Waals surface area contributed by atoms with Gasteiger partial charge in [-0.05, 0) is 30.5 Å². The molecule has 1 atom stereocenters. The van der Waals surface area contributed by atoms with Crippen molar-refractivity contribution in [2.45, 2.75) is 31.8 Å². The van der Waals surface area contributed by atoms with Gasteiger partial charge in [0.2, 0.25) is 0 Å². The Kier molecular flexibility index (Phi) is 5.70. The minimum Gasteiger partial charge on any atom is -0.377 e. The molecule has 1 aromatic carbocycles. The quantitative estimate of drug-likeness (QED) is 0.620. The Labute approximate surface area is 178 Å². The highest BCUT2D eigenvalue weighted by atomic mass is 32.1. The summed E-state index contributed by atoms with van der Waals surface area (Å²) >= 11 is 1.40. The first-order chi connectivity index (χ1) is 14.7. The van der Waals surface area contributed by atoms with Crippen LogP contribution in [-0.4, -0.2) is 72.5 Å². The Bertz CT molecular complexity index is 1040. The van der Waals surface area contributed by atoms with Crippen molar-refractivity contribution in [3.63, 3.8) is 0 Å². The zero-order valence-electron chi connectivity index (χ0n) is 17.0. The standard InChI is InChI=1S/C21H26N4O4S/c1-24(13-19-28-7-8-29-19)20(26)18-12-25-17-5-4-14(9-16(17)23-21(25)30-18)10-22-11-15-3-2-6-27-15/h4-5,9,12,15,19,22H,2-3,6-8,10-11,13H2,1H3. The summed E-state index contributed by atoms with van der Waals surface area (Å²) in [6.45, 7) is 4.13. The van der Waals surface area contributed by atoms with Crippen LogP contribution in [0.1, 0.15) is 28.1 Å². The molecule has 1 unspecified atom stereocenters. The number of hydrogen-bond acceptors (Lipinski definition) is 7. The number of fused-ring (bicyclic) bond motifs is 3. The summed E-state index contributed by atoms with van der Waals surface area (Å²) in [6, 6.07) is 6.29. The molecule has 2 aliphatic rings. The largest absolute Gasteiger partial charge is 0.377 e. The van der Waals surface area contributed by atoms with Crippen molar-refractivity contribution >= 4 is 33.2 Å². The lowest BCUT2D eigenvalue weighted by molar-refractivity contribution is -0.0542. The molecule has 4 heterocycles. The first-order valence-electron chi connectivity index (χ1n) is 10.4. The Morgan fingerprint density at radius 3 is 2.97 bits per heavy atom. The molecule has 30 heavy (non-hydrogen) atoms. The number of imidazole rings is 1. The van der Waals surface area contributed by atoms with E-state index in [0.717, 1.165) is 48.5 Å². The number of amides is 1. The second-order valence-electron chi connectivity index (χ2n) is 7.81. The molecule has 2 aromatic heterocycles. The van der Waals surface area contributed by atoms with E-state index in [1.165, 1.54) is 16.9 Å². The van der Waals surface area contributed by atoms with Crippen molar-refractivity contribution in [3.8, 4) is 0 Å². The molecule has 0 aliphatic carbocycles. The molecule has 5 rings (SSSR count). The maximum Gasteiger partial charge on any atom is 0.265 e. The van der Waals surface area contributed by atoms with Crippen molar-refractivity contribution in [3.05, 3.63) is 34.8 Å². The minimum atomic E-state index is -0.337. The van der Waals surface area contributed by atoms with Crippen LogP contribution in [0.2, 0.25) is 0 Å². The molecule has 8 nitrogen and oxygen atoms in total. The summed E-state index contributed by atoms with van der Waals surface area (Å²) in [6.07, 6.45) is 4.18. The third kappa shape index (κ3) is 4.08. The molecular formula is C21H26N4O4S. The predicted molar refractivity (Wildman–Crippen MR) is 114 cm³/mol. The van der Waals surface area contributed by atoms with Crippen LogP contribution in [0.3, 0.4) is 0 Å². The maximum atomic E-state index is 12.8. The monoisotopic (exact) mass is 430 g/mol. The Balaban J connectivity index is 1.27. The molecule has 0 saturated carbocycles. The summed E-state index contributed by atoms with van der Waals surface area (Å²) in [5.41, 5.74) is 3.14. The molecule has 2 fully saturated rings. The Hall–Kier alpha value is -2.04. The SMILES string of the molecule is CN(CC1OCCO1)C(=O)c1cn2c(nc3cc(CNCC4CCCO4)ccc32)s1. The summed E-state index contributed by atoms with van der Waals surface area (Å²) in [7, 11) is 1.77. The number of carbonyl (C=O) groups is 1. The number of likely N-dealkylation sites (N-methyl/N-ethyl adjacent to an activating group) is 1. The lowest BCUT2D eigenvalue weighted by Gasteiger charge is -2.19. The molecule has 9 heteroatoms. The number of nitrogens with one attached hydrogen (secondary N) is 1. The van der Waals surface area contributed by atoms with Crippen molar-refractivity contribution in [2.75, 3.05) is 40.0 Å². The fourth-order valence-corrected chi connectivity index (χ4v) is 4.95. The number of hydrogen-bond donors (Lipinski definition) is 1. The second-order valence-corrected chi connectivity index (χ2v) is 8.81. The van der Waals surface area contributed by atoms with Crippen molar-refractivity contribution in [2.24, 2.45) is 0 Å². The van der Waals surface area contributed by atoms with Gasteiger partial charge in [-0.1, -0.05) is 17.4 Å². The van der Waals surface area contributed by atoms with Crippen LogP contribution >= 0.6 is 11.3 Å². The molecule has 0 radical (unpaired) electrons. The van der Waals surface area contributed by atoms with Gasteiger partial charge < -0.3 is 24.4 Å².